The molecule has 0 aliphatic carbocycles. The lowest BCUT2D eigenvalue weighted by atomic mass is 10.2. The van der Waals surface area contributed by atoms with Gasteiger partial charge in [-0.15, -0.1) is 0 Å². The first kappa shape index (κ1) is 20.3. The number of hydrogen-bond donors (Lipinski definition) is 1. The molecule has 12 heteroatoms. The second kappa shape index (κ2) is 7.53. The van der Waals surface area contributed by atoms with E-state index in [1.54, 1.807) is 26.0 Å². The summed E-state index contributed by atoms with van der Waals surface area (Å²) in [6, 6.07) is 3.28. The number of carbonyl (C=O) groups excluding carboxylic acids is 1. The van der Waals surface area contributed by atoms with Crippen LogP contribution in [0.1, 0.15) is 40.7 Å². The minimum atomic E-state index is -4.65. The third-order valence-corrected chi connectivity index (χ3v) is 3.96. The Bertz CT molecular complexity index is 1040. The van der Waals surface area contributed by atoms with Crippen molar-refractivity contribution in [1.29, 1.82) is 0 Å². The monoisotopic (exact) mass is 410 g/mol. The number of methoxy groups -OCH3 is 1. The Balaban J connectivity index is 1.77. The summed E-state index contributed by atoms with van der Waals surface area (Å²) in [6.45, 7) is 3.34. The fourth-order valence-corrected chi connectivity index (χ4v) is 2.55. The van der Waals surface area contributed by atoms with Crippen molar-refractivity contribution < 1.29 is 27.2 Å². The Labute approximate surface area is 162 Å². The van der Waals surface area contributed by atoms with Crippen LogP contribution < -0.4 is 10.1 Å². The van der Waals surface area contributed by atoms with Gasteiger partial charge in [0.1, 0.15) is 11.7 Å². The molecule has 0 unspecified atom stereocenters. The molecule has 0 fully saturated rings. The van der Waals surface area contributed by atoms with Crippen LogP contribution in [0.25, 0.3) is 11.4 Å². The van der Waals surface area contributed by atoms with E-state index in [1.165, 1.54) is 14.2 Å². The number of carbonyl (C=O) groups is 1. The molecule has 0 aliphatic heterocycles. The number of ether oxygens (including phenoxy) is 1. The third kappa shape index (κ3) is 4.36. The number of aromatic nitrogens is 5. The van der Waals surface area contributed by atoms with Crippen LogP contribution in [0.15, 0.2) is 22.7 Å². The van der Waals surface area contributed by atoms with Crippen molar-refractivity contribution in [3.8, 4) is 17.3 Å². The maximum Gasteiger partial charge on any atom is 0.435 e. The fraction of sp³-hybridized carbons (Fsp3) is 0.353. The maximum absolute atomic E-state index is 12.8. The van der Waals surface area contributed by atoms with Crippen LogP contribution in [0.5, 0.6) is 5.88 Å². The van der Waals surface area contributed by atoms with Gasteiger partial charge in [0.25, 0.3) is 5.91 Å². The van der Waals surface area contributed by atoms with Crippen LogP contribution >= 0.6 is 0 Å². The summed E-state index contributed by atoms with van der Waals surface area (Å²) >= 11 is 0. The van der Waals surface area contributed by atoms with Crippen molar-refractivity contribution in [2.24, 2.45) is 7.05 Å². The van der Waals surface area contributed by atoms with Gasteiger partial charge in [0.2, 0.25) is 17.6 Å². The van der Waals surface area contributed by atoms with Gasteiger partial charge in [-0.3, -0.25) is 9.48 Å². The van der Waals surface area contributed by atoms with Gasteiger partial charge in [0.05, 0.1) is 7.11 Å². The molecule has 0 spiro atoms. The molecule has 3 rings (SSSR count). The van der Waals surface area contributed by atoms with E-state index in [9.17, 15) is 18.0 Å². The van der Waals surface area contributed by atoms with E-state index in [1.807, 2.05) is 0 Å². The van der Waals surface area contributed by atoms with Gasteiger partial charge in [-0.2, -0.15) is 23.3 Å². The molecule has 1 atom stereocenters. The van der Waals surface area contributed by atoms with E-state index in [2.05, 4.69) is 25.5 Å². The maximum atomic E-state index is 12.8. The summed E-state index contributed by atoms with van der Waals surface area (Å²) in [6.07, 6.45) is -4.65. The quantitative estimate of drug-likeness (QED) is 0.689. The predicted molar refractivity (Wildman–Crippen MR) is 92.9 cm³/mol. The minimum absolute atomic E-state index is 0.0833. The number of pyridine rings is 1. The van der Waals surface area contributed by atoms with Gasteiger partial charge in [-0.25, -0.2) is 4.98 Å². The topological polar surface area (TPSA) is 108 Å². The highest BCUT2D eigenvalue weighted by atomic mass is 19.4. The summed E-state index contributed by atoms with van der Waals surface area (Å²) in [4.78, 5) is 20.7. The standard InChI is InChI=1S/C17H17F3N6O3/c1-8-5-10(6-13(21-8)28-4)14-23-16(29-25-14)9(2)22-15(27)11-7-12(17(18,19)20)24-26(11)3/h5-7,9H,1-4H3,(H,22,27)/t9-/m0/s1. The molecule has 3 aromatic rings. The molecule has 1 N–H and O–H groups in total. The highest BCUT2D eigenvalue weighted by molar-refractivity contribution is 5.92. The number of aryl methyl sites for hydroxylation is 2. The van der Waals surface area contributed by atoms with Gasteiger partial charge in [-0.05, 0) is 19.9 Å². The lowest BCUT2D eigenvalue weighted by Crippen LogP contribution is -2.28. The summed E-state index contributed by atoms with van der Waals surface area (Å²) in [5.74, 6) is -0.0432. The smallest absolute Gasteiger partial charge is 0.435 e. The van der Waals surface area contributed by atoms with Crippen molar-refractivity contribution in [2.45, 2.75) is 26.1 Å². The van der Waals surface area contributed by atoms with Gasteiger partial charge in [-0.1, -0.05) is 5.16 Å². The molecule has 9 nitrogen and oxygen atoms in total. The van der Waals surface area contributed by atoms with Crippen LogP contribution in [-0.4, -0.2) is 37.9 Å². The molecule has 0 bridgehead atoms. The Morgan fingerprint density at radius 2 is 2.00 bits per heavy atom. The van der Waals surface area contributed by atoms with Crippen molar-refractivity contribution in [3.05, 3.63) is 41.2 Å². The normalized spacial score (nSPS) is 12.7. The predicted octanol–water partition coefficient (Wildman–Crippen LogP) is 2.69. The zero-order chi connectivity index (χ0) is 21.3. The van der Waals surface area contributed by atoms with Gasteiger partial charge in [0, 0.05) is 30.4 Å². The molecular weight excluding hydrogens is 393 g/mol. The second-order valence-electron chi connectivity index (χ2n) is 6.23. The largest absolute Gasteiger partial charge is 0.481 e. The zero-order valence-corrected chi connectivity index (χ0v) is 15.9. The molecule has 0 aromatic carbocycles. The summed E-state index contributed by atoms with van der Waals surface area (Å²) in [7, 11) is 2.73. The van der Waals surface area contributed by atoms with Crippen LogP contribution in [0.2, 0.25) is 0 Å². The second-order valence-corrected chi connectivity index (χ2v) is 6.23. The van der Waals surface area contributed by atoms with E-state index >= 15 is 0 Å². The van der Waals surface area contributed by atoms with Crippen molar-refractivity contribution >= 4 is 5.91 Å². The van der Waals surface area contributed by atoms with E-state index < -0.39 is 23.8 Å². The Kier molecular flexibility index (Phi) is 5.27. The van der Waals surface area contributed by atoms with Crippen molar-refractivity contribution in [2.75, 3.05) is 7.11 Å². The molecular formula is C17H17F3N6O3. The average molecular weight is 410 g/mol. The number of hydrogen-bond acceptors (Lipinski definition) is 7. The molecule has 0 saturated heterocycles. The number of halogens is 3. The lowest BCUT2D eigenvalue weighted by molar-refractivity contribution is -0.141. The molecule has 3 aromatic heterocycles. The molecule has 154 valence electrons. The Morgan fingerprint density at radius 1 is 1.28 bits per heavy atom. The Morgan fingerprint density at radius 3 is 2.62 bits per heavy atom. The van der Waals surface area contributed by atoms with Gasteiger partial charge < -0.3 is 14.6 Å². The van der Waals surface area contributed by atoms with Crippen molar-refractivity contribution in [3.63, 3.8) is 0 Å². The summed E-state index contributed by atoms with van der Waals surface area (Å²) in [5.41, 5.74) is -0.119. The molecule has 3 heterocycles. The van der Waals surface area contributed by atoms with Crippen LogP contribution in [0, 0.1) is 6.92 Å². The Hall–Kier alpha value is -3.44. The highest BCUT2D eigenvalue weighted by Gasteiger charge is 2.35. The van der Waals surface area contributed by atoms with E-state index in [0.717, 1.165) is 4.68 Å². The van der Waals surface area contributed by atoms with Crippen LogP contribution in [0.3, 0.4) is 0 Å². The van der Waals surface area contributed by atoms with Crippen LogP contribution in [-0.2, 0) is 13.2 Å². The molecule has 0 radical (unpaired) electrons. The highest BCUT2D eigenvalue weighted by Crippen LogP contribution is 2.28. The molecule has 0 aliphatic rings. The van der Waals surface area contributed by atoms with E-state index in [-0.39, 0.29) is 17.4 Å². The first-order chi connectivity index (χ1) is 13.6. The average Bonchev–Trinajstić information content (AvgIpc) is 3.27. The summed E-state index contributed by atoms with van der Waals surface area (Å²) < 4.78 is 49.4. The SMILES string of the molecule is COc1cc(-c2noc([C@H](C)NC(=O)c3cc(C(F)(F)F)nn3C)n2)cc(C)n1. The van der Waals surface area contributed by atoms with Gasteiger partial charge in [0.15, 0.2) is 5.69 Å². The summed E-state index contributed by atoms with van der Waals surface area (Å²) in [5, 5.41) is 9.70. The van der Waals surface area contributed by atoms with Crippen molar-refractivity contribution in [1.82, 2.24) is 30.2 Å². The third-order valence-electron chi connectivity index (χ3n) is 3.96. The number of amides is 1. The number of rotatable bonds is 5. The molecule has 1 amide bonds. The van der Waals surface area contributed by atoms with E-state index in [4.69, 9.17) is 9.26 Å². The van der Waals surface area contributed by atoms with Gasteiger partial charge >= 0.3 is 6.18 Å². The number of nitrogens with one attached hydrogen (secondary N) is 1. The number of nitrogens with zero attached hydrogens (tertiary/aromatic N) is 5. The lowest BCUT2D eigenvalue weighted by Gasteiger charge is -2.09. The van der Waals surface area contributed by atoms with Crippen LogP contribution in [0.4, 0.5) is 13.2 Å². The zero-order valence-electron chi connectivity index (χ0n) is 15.9. The molecule has 29 heavy (non-hydrogen) atoms. The molecule has 0 saturated carbocycles. The first-order valence-electron chi connectivity index (χ1n) is 8.37. The van der Waals surface area contributed by atoms with E-state index in [0.29, 0.717) is 23.2 Å². The first-order valence-corrected chi connectivity index (χ1v) is 8.37. The fourth-order valence-electron chi connectivity index (χ4n) is 2.55. The minimum Gasteiger partial charge on any atom is -0.481 e. The number of alkyl halides is 3.